The first kappa shape index (κ1) is 14.6. The quantitative estimate of drug-likeness (QED) is 0.710. The Balaban J connectivity index is 2.88. The zero-order valence-electron chi connectivity index (χ0n) is 10.8. The molecule has 1 aromatic carbocycles. The lowest BCUT2D eigenvalue weighted by Crippen LogP contribution is -2.30. The number of hydrogen-bond donors (Lipinski definition) is 3. The third-order valence-electron chi connectivity index (χ3n) is 2.26. The van der Waals surface area contributed by atoms with E-state index in [0.717, 1.165) is 5.57 Å². The molecule has 0 aliphatic heterocycles. The van der Waals surface area contributed by atoms with Crippen molar-refractivity contribution in [1.82, 2.24) is 5.32 Å². The van der Waals surface area contributed by atoms with E-state index >= 15 is 0 Å². The minimum atomic E-state index is -1.13. The number of anilines is 1. The van der Waals surface area contributed by atoms with E-state index in [4.69, 9.17) is 9.84 Å². The average Bonchev–Trinajstić information content (AvgIpc) is 2.35. The van der Waals surface area contributed by atoms with Gasteiger partial charge >= 0.3 is 12.0 Å². The Bertz CT molecular complexity index is 511. The summed E-state index contributed by atoms with van der Waals surface area (Å²) in [6.45, 7) is 5.74. The normalized spacial score (nSPS) is 9.58. The number of methoxy groups -OCH3 is 1. The molecule has 6 heteroatoms. The Labute approximate surface area is 111 Å². The largest absolute Gasteiger partial charge is 0.497 e. The van der Waals surface area contributed by atoms with Crippen LogP contribution in [-0.4, -0.2) is 30.8 Å². The zero-order valence-corrected chi connectivity index (χ0v) is 10.8. The van der Waals surface area contributed by atoms with Crippen LogP contribution in [0.1, 0.15) is 17.3 Å². The Kier molecular flexibility index (Phi) is 4.93. The molecule has 3 N–H and O–H groups in total. The molecule has 0 unspecified atom stereocenters. The molecular weight excluding hydrogens is 248 g/mol. The summed E-state index contributed by atoms with van der Waals surface area (Å²) in [4.78, 5) is 22.6. The number of nitrogens with one attached hydrogen (secondary N) is 2. The summed E-state index contributed by atoms with van der Waals surface area (Å²) in [7, 11) is 1.46. The molecule has 0 fully saturated rings. The monoisotopic (exact) mass is 264 g/mol. The molecule has 0 aromatic heterocycles. The topological polar surface area (TPSA) is 87.7 Å². The molecular formula is C13H16N2O4. The van der Waals surface area contributed by atoms with E-state index in [1.54, 1.807) is 6.92 Å². The number of aromatic carboxylic acids is 1. The summed E-state index contributed by atoms with van der Waals surface area (Å²) in [6.07, 6.45) is 0. The van der Waals surface area contributed by atoms with Gasteiger partial charge in [0, 0.05) is 12.6 Å². The summed E-state index contributed by atoms with van der Waals surface area (Å²) < 4.78 is 4.99. The van der Waals surface area contributed by atoms with E-state index in [0.29, 0.717) is 12.3 Å². The van der Waals surface area contributed by atoms with Crippen LogP contribution in [-0.2, 0) is 0 Å². The van der Waals surface area contributed by atoms with Gasteiger partial charge in [0.15, 0.2) is 0 Å². The van der Waals surface area contributed by atoms with Crippen LogP contribution in [0.3, 0.4) is 0 Å². The molecule has 1 rings (SSSR count). The van der Waals surface area contributed by atoms with E-state index in [9.17, 15) is 9.59 Å². The minimum Gasteiger partial charge on any atom is -0.497 e. The fourth-order valence-corrected chi connectivity index (χ4v) is 1.34. The molecule has 1 aromatic rings. The Hall–Kier alpha value is -2.50. The molecule has 19 heavy (non-hydrogen) atoms. The van der Waals surface area contributed by atoms with Crippen LogP contribution in [0.5, 0.6) is 5.75 Å². The number of carboxylic acids is 1. The Morgan fingerprint density at radius 1 is 1.42 bits per heavy atom. The van der Waals surface area contributed by atoms with Crippen molar-refractivity contribution >= 4 is 17.7 Å². The van der Waals surface area contributed by atoms with Gasteiger partial charge in [-0.3, -0.25) is 0 Å². The first-order valence-corrected chi connectivity index (χ1v) is 5.54. The van der Waals surface area contributed by atoms with Crippen LogP contribution in [0.4, 0.5) is 10.5 Å². The number of carboxylic acid groups (broad SMARTS) is 1. The zero-order chi connectivity index (χ0) is 14.4. The number of rotatable bonds is 5. The van der Waals surface area contributed by atoms with Crippen molar-refractivity contribution in [3.05, 3.63) is 35.9 Å². The molecule has 102 valence electrons. The Morgan fingerprint density at radius 3 is 2.63 bits per heavy atom. The predicted octanol–water partition coefficient (Wildman–Crippen LogP) is 2.09. The lowest BCUT2D eigenvalue weighted by Gasteiger charge is -2.11. The highest BCUT2D eigenvalue weighted by atomic mass is 16.5. The van der Waals surface area contributed by atoms with Crippen LogP contribution < -0.4 is 15.4 Å². The number of hydrogen-bond acceptors (Lipinski definition) is 3. The van der Waals surface area contributed by atoms with Gasteiger partial charge < -0.3 is 20.5 Å². The number of urea groups is 1. The smallest absolute Gasteiger partial charge is 0.337 e. The average molecular weight is 264 g/mol. The molecule has 6 nitrogen and oxygen atoms in total. The van der Waals surface area contributed by atoms with Crippen molar-refractivity contribution in [2.75, 3.05) is 19.0 Å². The van der Waals surface area contributed by atoms with E-state index in [1.165, 1.54) is 25.3 Å². The van der Waals surface area contributed by atoms with Gasteiger partial charge in [-0.05, 0) is 19.1 Å². The van der Waals surface area contributed by atoms with E-state index < -0.39 is 12.0 Å². The number of carbonyl (C=O) groups is 2. The van der Waals surface area contributed by atoms with Crippen molar-refractivity contribution < 1.29 is 19.4 Å². The van der Waals surface area contributed by atoms with Gasteiger partial charge in [-0.1, -0.05) is 12.2 Å². The highest BCUT2D eigenvalue weighted by molar-refractivity contribution is 6.00. The molecule has 0 saturated carbocycles. The van der Waals surface area contributed by atoms with Crippen molar-refractivity contribution in [2.45, 2.75) is 6.92 Å². The molecule has 0 bridgehead atoms. The lowest BCUT2D eigenvalue weighted by atomic mass is 10.1. The van der Waals surface area contributed by atoms with Gasteiger partial charge in [0.25, 0.3) is 0 Å². The summed E-state index contributed by atoms with van der Waals surface area (Å²) in [5.74, 6) is -0.668. The summed E-state index contributed by atoms with van der Waals surface area (Å²) in [5, 5.41) is 14.1. The third-order valence-corrected chi connectivity index (χ3v) is 2.26. The summed E-state index contributed by atoms with van der Waals surface area (Å²) in [5.41, 5.74) is 0.955. The second-order valence-electron chi connectivity index (χ2n) is 3.98. The molecule has 0 saturated heterocycles. The van der Waals surface area contributed by atoms with Gasteiger partial charge in [0.05, 0.1) is 18.4 Å². The highest BCUT2D eigenvalue weighted by Gasteiger charge is 2.13. The van der Waals surface area contributed by atoms with Crippen LogP contribution in [0, 0.1) is 0 Å². The molecule has 0 heterocycles. The maximum atomic E-state index is 11.6. The molecule has 0 atom stereocenters. The molecule has 0 radical (unpaired) electrons. The number of carbonyl (C=O) groups excluding carboxylic acids is 1. The first-order chi connectivity index (χ1) is 8.93. The second-order valence-corrected chi connectivity index (χ2v) is 3.98. The lowest BCUT2D eigenvalue weighted by molar-refractivity contribution is 0.0698. The fourth-order valence-electron chi connectivity index (χ4n) is 1.34. The number of ether oxygens (including phenoxy) is 1. The van der Waals surface area contributed by atoms with Gasteiger partial charge in [0.1, 0.15) is 5.75 Å². The highest BCUT2D eigenvalue weighted by Crippen LogP contribution is 2.22. The van der Waals surface area contributed by atoms with Crippen molar-refractivity contribution in [3.8, 4) is 5.75 Å². The predicted molar refractivity (Wildman–Crippen MR) is 71.8 cm³/mol. The number of amides is 2. The van der Waals surface area contributed by atoms with Gasteiger partial charge in [-0.15, -0.1) is 0 Å². The van der Waals surface area contributed by atoms with Crippen molar-refractivity contribution in [1.29, 1.82) is 0 Å². The van der Waals surface area contributed by atoms with Crippen LogP contribution >= 0.6 is 0 Å². The van der Waals surface area contributed by atoms with E-state index in [1.807, 2.05) is 0 Å². The second kappa shape index (κ2) is 6.44. The van der Waals surface area contributed by atoms with Gasteiger partial charge in [0.2, 0.25) is 0 Å². The van der Waals surface area contributed by atoms with Crippen LogP contribution in [0.2, 0.25) is 0 Å². The fraction of sp³-hybridized carbons (Fsp3) is 0.231. The van der Waals surface area contributed by atoms with Gasteiger partial charge in [-0.25, -0.2) is 9.59 Å². The SMILES string of the molecule is C=C(C)CNC(=O)Nc1cc(OC)ccc1C(=O)O. The molecule has 0 spiro atoms. The molecule has 0 aliphatic carbocycles. The number of benzene rings is 1. The third kappa shape index (κ3) is 4.34. The van der Waals surface area contributed by atoms with Crippen LogP contribution in [0.15, 0.2) is 30.4 Å². The van der Waals surface area contributed by atoms with Gasteiger partial charge in [-0.2, -0.15) is 0 Å². The van der Waals surface area contributed by atoms with Crippen molar-refractivity contribution in [3.63, 3.8) is 0 Å². The standard InChI is InChI=1S/C13H16N2O4/c1-8(2)7-14-13(18)15-11-6-9(19-3)4-5-10(11)12(16)17/h4-6H,1,7H2,2-3H3,(H,16,17)(H2,14,15,18). The minimum absolute atomic E-state index is 0.00808. The summed E-state index contributed by atoms with van der Waals surface area (Å²) in [6, 6.07) is 3.83. The van der Waals surface area contributed by atoms with Crippen molar-refractivity contribution in [2.24, 2.45) is 0 Å². The summed E-state index contributed by atoms with van der Waals surface area (Å²) >= 11 is 0. The molecule has 0 aliphatic rings. The van der Waals surface area contributed by atoms with E-state index in [-0.39, 0.29) is 11.3 Å². The van der Waals surface area contributed by atoms with Crippen LogP contribution in [0.25, 0.3) is 0 Å². The molecule has 2 amide bonds. The Morgan fingerprint density at radius 2 is 2.11 bits per heavy atom. The maximum Gasteiger partial charge on any atom is 0.337 e. The van der Waals surface area contributed by atoms with E-state index in [2.05, 4.69) is 17.2 Å². The first-order valence-electron chi connectivity index (χ1n) is 5.54. The maximum absolute atomic E-state index is 11.6.